The van der Waals surface area contributed by atoms with Gasteiger partial charge in [-0.2, -0.15) is 5.10 Å². The number of aromatic nitrogens is 3. The van der Waals surface area contributed by atoms with E-state index in [1.807, 2.05) is 32.9 Å². The molecule has 29 heavy (non-hydrogen) atoms. The number of carbonyl (C=O) groups is 1. The van der Waals surface area contributed by atoms with Gasteiger partial charge in [0.25, 0.3) is 0 Å². The number of hydrogen-bond donors (Lipinski definition) is 1. The van der Waals surface area contributed by atoms with Gasteiger partial charge in [-0.05, 0) is 38.5 Å². The largest absolute Gasteiger partial charge is 0.444 e. The van der Waals surface area contributed by atoms with Crippen LogP contribution in [0.4, 0.5) is 4.79 Å². The van der Waals surface area contributed by atoms with Crippen LogP contribution < -0.4 is 5.32 Å². The molecule has 2 aromatic rings. The summed E-state index contributed by atoms with van der Waals surface area (Å²) in [4.78, 5) is 25.0. The lowest BCUT2D eigenvalue weighted by molar-refractivity contribution is 0.0137. The van der Waals surface area contributed by atoms with Crippen molar-refractivity contribution in [1.82, 2.24) is 29.9 Å². The van der Waals surface area contributed by atoms with E-state index in [0.717, 1.165) is 23.8 Å². The van der Waals surface area contributed by atoms with Gasteiger partial charge in [0.15, 0.2) is 5.96 Å². The van der Waals surface area contributed by atoms with Crippen LogP contribution in [0.2, 0.25) is 0 Å². The lowest BCUT2D eigenvalue weighted by Gasteiger charge is -2.39. The molecule has 4 rings (SSSR count). The van der Waals surface area contributed by atoms with Crippen molar-refractivity contribution in [2.24, 2.45) is 4.99 Å². The zero-order valence-corrected chi connectivity index (χ0v) is 17.1. The summed E-state index contributed by atoms with van der Waals surface area (Å²) in [6.07, 6.45) is 2.95. The number of carbonyl (C=O) groups excluding carboxylic acids is 1. The normalized spacial score (nSPS) is 19.0. The second kappa shape index (κ2) is 7.73. The van der Waals surface area contributed by atoms with Crippen LogP contribution in [0.25, 0.3) is 5.69 Å². The van der Waals surface area contributed by atoms with E-state index < -0.39 is 5.60 Å². The van der Waals surface area contributed by atoms with E-state index in [2.05, 4.69) is 37.4 Å². The number of guanidine groups is 1. The predicted molar refractivity (Wildman–Crippen MR) is 109 cm³/mol. The Hall–Kier alpha value is -3.10. The molecule has 1 aromatic carbocycles. The summed E-state index contributed by atoms with van der Waals surface area (Å²) in [6.45, 7) is 9.07. The zero-order valence-electron chi connectivity index (χ0n) is 17.1. The Bertz CT molecular complexity index is 871. The molecule has 0 saturated carbocycles. The summed E-state index contributed by atoms with van der Waals surface area (Å²) in [5.41, 5.74) is 1.66. The summed E-state index contributed by atoms with van der Waals surface area (Å²) < 4.78 is 7.23. The number of nitrogens with zero attached hydrogens (tertiary/aromatic N) is 6. The van der Waals surface area contributed by atoms with Crippen LogP contribution in [0.5, 0.6) is 0 Å². The molecular weight excluding hydrogens is 370 g/mol. The van der Waals surface area contributed by atoms with Crippen molar-refractivity contribution in [2.45, 2.75) is 39.0 Å². The number of fused-ring (bicyclic) bond motifs is 1. The number of hydrogen-bond acceptors (Lipinski definition) is 7. The molecular formula is C20H27N7O2. The number of amides is 1. The standard InChI is InChI=1S/C20H27N7O2/c1-20(2,3)29-19(28)25-8-9-26-17(12-25)11-23-18(26)22-10-15-4-6-16(7-5-15)27-14-21-13-24-27/h4-7,13-14,17H,8-12H2,1-3H3,(H,22,23). The van der Waals surface area contributed by atoms with E-state index in [4.69, 9.17) is 4.74 Å². The van der Waals surface area contributed by atoms with Crippen molar-refractivity contribution in [3.05, 3.63) is 42.5 Å². The predicted octanol–water partition coefficient (Wildman–Crippen LogP) is 1.65. The second-order valence-electron chi connectivity index (χ2n) is 8.30. The molecule has 1 saturated heterocycles. The quantitative estimate of drug-likeness (QED) is 0.847. The molecule has 3 heterocycles. The summed E-state index contributed by atoms with van der Waals surface area (Å²) in [5, 5.41) is 7.58. The maximum atomic E-state index is 12.3. The Balaban J connectivity index is 1.29. The van der Waals surface area contributed by atoms with Crippen molar-refractivity contribution in [3.63, 3.8) is 0 Å². The highest BCUT2D eigenvalue weighted by Gasteiger charge is 2.36. The van der Waals surface area contributed by atoms with Gasteiger partial charge in [-0.3, -0.25) is 4.99 Å². The first-order valence-electron chi connectivity index (χ1n) is 9.86. The van der Waals surface area contributed by atoms with Gasteiger partial charge in [0.05, 0.1) is 18.3 Å². The number of ether oxygens (including phenoxy) is 1. The van der Waals surface area contributed by atoms with Crippen molar-refractivity contribution < 1.29 is 9.53 Å². The van der Waals surface area contributed by atoms with E-state index in [-0.39, 0.29) is 12.1 Å². The average molecular weight is 397 g/mol. The van der Waals surface area contributed by atoms with Gasteiger partial charge in [-0.15, -0.1) is 0 Å². The molecule has 2 aliphatic rings. The van der Waals surface area contributed by atoms with E-state index in [9.17, 15) is 4.79 Å². The van der Waals surface area contributed by atoms with Gasteiger partial charge in [0, 0.05) is 26.2 Å². The molecule has 1 N–H and O–H groups in total. The van der Waals surface area contributed by atoms with Gasteiger partial charge >= 0.3 is 6.09 Å². The molecule has 1 fully saturated rings. The number of nitrogens with one attached hydrogen (secondary N) is 1. The molecule has 0 radical (unpaired) electrons. The molecule has 0 aliphatic carbocycles. The number of benzene rings is 1. The first-order valence-corrected chi connectivity index (χ1v) is 9.86. The van der Waals surface area contributed by atoms with Gasteiger partial charge in [-0.25, -0.2) is 14.5 Å². The van der Waals surface area contributed by atoms with Crippen LogP contribution >= 0.6 is 0 Å². The minimum Gasteiger partial charge on any atom is -0.444 e. The summed E-state index contributed by atoms with van der Waals surface area (Å²) >= 11 is 0. The molecule has 0 bridgehead atoms. The van der Waals surface area contributed by atoms with Crippen LogP contribution in [-0.4, -0.2) is 74.4 Å². The Morgan fingerprint density at radius 3 is 2.72 bits per heavy atom. The smallest absolute Gasteiger partial charge is 0.410 e. The maximum Gasteiger partial charge on any atom is 0.410 e. The van der Waals surface area contributed by atoms with Crippen LogP contribution in [0.3, 0.4) is 0 Å². The van der Waals surface area contributed by atoms with Crippen LogP contribution in [-0.2, 0) is 11.3 Å². The van der Waals surface area contributed by atoms with Crippen molar-refractivity contribution in [3.8, 4) is 5.69 Å². The number of piperazine rings is 1. The average Bonchev–Trinajstić information content (AvgIpc) is 3.35. The third-order valence-corrected chi connectivity index (χ3v) is 4.93. The van der Waals surface area contributed by atoms with E-state index in [1.165, 1.54) is 6.33 Å². The number of aliphatic imine (C=N–C) groups is 1. The van der Waals surface area contributed by atoms with Crippen LogP contribution in [0.15, 0.2) is 41.9 Å². The highest BCUT2D eigenvalue weighted by atomic mass is 16.6. The Morgan fingerprint density at radius 1 is 1.24 bits per heavy atom. The monoisotopic (exact) mass is 397 g/mol. The highest BCUT2D eigenvalue weighted by molar-refractivity contribution is 5.82. The Kier molecular flexibility index (Phi) is 5.12. The summed E-state index contributed by atoms with van der Waals surface area (Å²) in [7, 11) is 0. The molecule has 0 spiro atoms. The minimum atomic E-state index is -0.476. The first kappa shape index (κ1) is 19.2. The van der Waals surface area contributed by atoms with Crippen LogP contribution in [0.1, 0.15) is 26.3 Å². The third kappa shape index (κ3) is 4.49. The maximum absolute atomic E-state index is 12.3. The molecule has 2 aliphatic heterocycles. The fraction of sp³-hybridized carbons (Fsp3) is 0.500. The Morgan fingerprint density at radius 2 is 2.03 bits per heavy atom. The molecule has 1 unspecified atom stereocenters. The molecule has 1 atom stereocenters. The van der Waals surface area contributed by atoms with Gasteiger partial charge in [0.2, 0.25) is 0 Å². The molecule has 9 nitrogen and oxygen atoms in total. The number of rotatable bonds is 3. The van der Waals surface area contributed by atoms with Crippen molar-refractivity contribution >= 4 is 12.1 Å². The van der Waals surface area contributed by atoms with Crippen molar-refractivity contribution in [2.75, 3.05) is 26.2 Å². The summed E-state index contributed by atoms with van der Waals surface area (Å²) in [5.74, 6) is 0.902. The molecule has 154 valence electrons. The van der Waals surface area contributed by atoms with Crippen molar-refractivity contribution in [1.29, 1.82) is 0 Å². The molecule has 1 amide bonds. The fourth-order valence-corrected chi connectivity index (χ4v) is 3.51. The highest BCUT2D eigenvalue weighted by Crippen LogP contribution is 2.19. The minimum absolute atomic E-state index is 0.202. The lowest BCUT2D eigenvalue weighted by Crippen LogP contribution is -2.57. The zero-order chi connectivity index (χ0) is 20.4. The SMILES string of the molecule is CC(C)(C)OC(=O)N1CCN2C(NCc3ccc(-n4cncn4)cc3)=NCC2C1. The first-order chi connectivity index (χ1) is 13.9. The second-order valence-corrected chi connectivity index (χ2v) is 8.30. The van der Waals surface area contributed by atoms with Gasteiger partial charge in [-0.1, -0.05) is 12.1 Å². The van der Waals surface area contributed by atoms with Gasteiger partial charge in [0.1, 0.15) is 18.3 Å². The summed E-state index contributed by atoms with van der Waals surface area (Å²) in [6, 6.07) is 8.37. The fourth-order valence-electron chi connectivity index (χ4n) is 3.51. The lowest BCUT2D eigenvalue weighted by atomic mass is 10.2. The van der Waals surface area contributed by atoms with E-state index in [0.29, 0.717) is 26.2 Å². The van der Waals surface area contributed by atoms with Gasteiger partial charge < -0.3 is 19.9 Å². The topological polar surface area (TPSA) is 87.9 Å². The van der Waals surface area contributed by atoms with E-state index >= 15 is 0 Å². The van der Waals surface area contributed by atoms with Crippen LogP contribution in [0, 0.1) is 0 Å². The van der Waals surface area contributed by atoms with E-state index in [1.54, 1.807) is 15.9 Å². The Labute approximate surface area is 170 Å². The third-order valence-electron chi connectivity index (χ3n) is 4.93. The molecule has 1 aromatic heterocycles. The molecule has 9 heteroatoms.